The van der Waals surface area contributed by atoms with Crippen LogP contribution >= 0.6 is 0 Å². The molecule has 2 heterocycles. The molecular formula is C21H21NO5. The fourth-order valence-corrected chi connectivity index (χ4v) is 3.93. The third-order valence-corrected chi connectivity index (χ3v) is 5.50. The Balaban J connectivity index is 1.47. The molecule has 0 aliphatic carbocycles. The number of amides is 1. The van der Waals surface area contributed by atoms with Crippen LogP contribution in [0, 0.1) is 11.3 Å². The molecule has 6 nitrogen and oxygen atoms in total. The minimum absolute atomic E-state index is 0.156. The SMILES string of the molecule is O=C(c1ccc(Oc2ccccc2)cc1)N1C[C@H]2COCC[C@@]2(C(=O)O)C1. The van der Waals surface area contributed by atoms with Crippen molar-refractivity contribution in [2.24, 2.45) is 11.3 Å². The molecule has 6 heteroatoms. The largest absolute Gasteiger partial charge is 0.481 e. The molecule has 2 atom stereocenters. The fourth-order valence-electron chi connectivity index (χ4n) is 3.93. The first kappa shape index (κ1) is 17.5. The van der Waals surface area contributed by atoms with E-state index < -0.39 is 11.4 Å². The molecule has 4 rings (SSSR count). The van der Waals surface area contributed by atoms with Crippen LogP contribution in [-0.4, -0.2) is 48.2 Å². The maximum absolute atomic E-state index is 12.9. The second-order valence-corrected chi connectivity index (χ2v) is 7.11. The number of hydrogen-bond donors (Lipinski definition) is 1. The van der Waals surface area contributed by atoms with E-state index in [-0.39, 0.29) is 18.4 Å². The number of benzene rings is 2. The van der Waals surface area contributed by atoms with Gasteiger partial charge in [-0.25, -0.2) is 0 Å². The van der Waals surface area contributed by atoms with Gasteiger partial charge in [0.1, 0.15) is 11.5 Å². The lowest BCUT2D eigenvalue weighted by molar-refractivity contribution is -0.157. The molecule has 2 fully saturated rings. The van der Waals surface area contributed by atoms with Crippen molar-refractivity contribution in [3.05, 3.63) is 60.2 Å². The van der Waals surface area contributed by atoms with E-state index in [1.165, 1.54) is 0 Å². The maximum atomic E-state index is 12.9. The molecule has 2 saturated heterocycles. The van der Waals surface area contributed by atoms with Gasteiger partial charge in [0.2, 0.25) is 0 Å². The molecule has 0 bridgehead atoms. The van der Waals surface area contributed by atoms with Crippen LogP contribution in [0.1, 0.15) is 16.8 Å². The van der Waals surface area contributed by atoms with E-state index in [2.05, 4.69) is 0 Å². The van der Waals surface area contributed by atoms with Crippen molar-refractivity contribution in [2.45, 2.75) is 6.42 Å². The van der Waals surface area contributed by atoms with Gasteiger partial charge in [-0.2, -0.15) is 0 Å². The van der Waals surface area contributed by atoms with Gasteiger partial charge >= 0.3 is 5.97 Å². The predicted molar refractivity (Wildman–Crippen MR) is 97.9 cm³/mol. The molecule has 2 aliphatic heterocycles. The van der Waals surface area contributed by atoms with Gasteiger partial charge in [0.25, 0.3) is 5.91 Å². The van der Waals surface area contributed by atoms with E-state index in [4.69, 9.17) is 9.47 Å². The summed E-state index contributed by atoms with van der Waals surface area (Å²) in [7, 11) is 0. The zero-order chi connectivity index (χ0) is 18.9. The molecule has 1 amide bonds. The number of carbonyl (C=O) groups excluding carboxylic acids is 1. The number of ether oxygens (including phenoxy) is 2. The summed E-state index contributed by atoms with van der Waals surface area (Å²) in [4.78, 5) is 26.4. The number of rotatable bonds is 4. The Morgan fingerprint density at radius 2 is 1.78 bits per heavy atom. The highest BCUT2D eigenvalue weighted by atomic mass is 16.5. The number of carboxylic acids is 1. The topological polar surface area (TPSA) is 76.1 Å². The summed E-state index contributed by atoms with van der Waals surface area (Å²) in [5, 5.41) is 9.74. The molecule has 1 N–H and O–H groups in total. The predicted octanol–water partition coefficient (Wildman–Crippen LogP) is 3.04. The number of carboxylic acid groups (broad SMARTS) is 1. The van der Waals surface area contributed by atoms with Gasteiger partial charge in [-0.05, 0) is 42.8 Å². The summed E-state index contributed by atoms with van der Waals surface area (Å²) < 4.78 is 11.2. The van der Waals surface area contributed by atoms with E-state index in [0.717, 1.165) is 5.75 Å². The highest BCUT2D eigenvalue weighted by Gasteiger charge is 2.54. The van der Waals surface area contributed by atoms with Gasteiger partial charge in [0, 0.05) is 31.2 Å². The van der Waals surface area contributed by atoms with Crippen LogP contribution in [0.25, 0.3) is 0 Å². The molecule has 140 valence electrons. The number of hydrogen-bond acceptors (Lipinski definition) is 4. The lowest BCUT2D eigenvalue weighted by atomic mass is 9.74. The molecule has 0 radical (unpaired) electrons. The van der Waals surface area contributed by atoms with E-state index in [0.29, 0.717) is 37.5 Å². The first-order valence-corrected chi connectivity index (χ1v) is 9.02. The standard InChI is InChI=1S/C21H21NO5/c23-19(22-12-16-13-26-11-10-21(16,14-22)20(24)25)15-6-8-18(9-7-15)27-17-4-2-1-3-5-17/h1-9,16H,10-14H2,(H,24,25)/t16-,21+/m0/s1. The van der Waals surface area contributed by atoms with E-state index >= 15 is 0 Å². The Kier molecular flexibility index (Phi) is 4.58. The first-order chi connectivity index (χ1) is 13.1. The first-order valence-electron chi connectivity index (χ1n) is 9.02. The third kappa shape index (κ3) is 3.28. The summed E-state index contributed by atoms with van der Waals surface area (Å²) in [5.41, 5.74) is -0.361. The number of para-hydroxylation sites is 1. The Morgan fingerprint density at radius 3 is 2.44 bits per heavy atom. The summed E-state index contributed by atoms with van der Waals surface area (Å²) in [5.74, 6) is 0.217. The van der Waals surface area contributed by atoms with Crippen LogP contribution in [0.4, 0.5) is 0 Å². The van der Waals surface area contributed by atoms with Crippen molar-refractivity contribution in [1.82, 2.24) is 4.90 Å². The Morgan fingerprint density at radius 1 is 1.07 bits per heavy atom. The van der Waals surface area contributed by atoms with Crippen LogP contribution in [0.5, 0.6) is 11.5 Å². The van der Waals surface area contributed by atoms with Crippen LogP contribution in [0.2, 0.25) is 0 Å². The van der Waals surface area contributed by atoms with Gasteiger partial charge in [-0.15, -0.1) is 0 Å². The average Bonchev–Trinajstić information content (AvgIpc) is 3.10. The molecule has 2 aliphatic rings. The fraction of sp³-hybridized carbons (Fsp3) is 0.333. The van der Waals surface area contributed by atoms with E-state index in [1.54, 1.807) is 29.2 Å². The molecule has 2 aromatic carbocycles. The van der Waals surface area contributed by atoms with Crippen molar-refractivity contribution in [2.75, 3.05) is 26.3 Å². The summed E-state index contributed by atoms with van der Waals surface area (Å²) in [6.45, 7) is 1.46. The van der Waals surface area contributed by atoms with E-state index in [9.17, 15) is 14.7 Å². The van der Waals surface area contributed by atoms with Gasteiger partial charge in [0.05, 0.1) is 12.0 Å². The minimum atomic E-state index is -0.885. The zero-order valence-electron chi connectivity index (χ0n) is 14.8. The monoisotopic (exact) mass is 367 g/mol. The quantitative estimate of drug-likeness (QED) is 0.899. The lowest BCUT2D eigenvalue weighted by Gasteiger charge is -2.33. The smallest absolute Gasteiger partial charge is 0.311 e. The number of carbonyl (C=O) groups is 2. The van der Waals surface area contributed by atoms with Crippen LogP contribution < -0.4 is 4.74 Å². The van der Waals surface area contributed by atoms with Crippen molar-refractivity contribution in [3.63, 3.8) is 0 Å². The van der Waals surface area contributed by atoms with Crippen molar-refractivity contribution in [3.8, 4) is 11.5 Å². The lowest BCUT2D eigenvalue weighted by Crippen LogP contribution is -2.45. The Hall–Kier alpha value is -2.86. The second-order valence-electron chi connectivity index (χ2n) is 7.11. The third-order valence-electron chi connectivity index (χ3n) is 5.50. The van der Waals surface area contributed by atoms with Crippen molar-refractivity contribution < 1.29 is 24.2 Å². The molecule has 27 heavy (non-hydrogen) atoms. The van der Waals surface area contributed by atoms with Crippen molar-refractivity contribution >= 4 is 11.9 Å². The minimum Gasteiger partial charge on any atom is -0.481 e. The summed E-state index contributed by atoms with van der Waals surface area (Å²) in [6.07, 6.45) is 0.445. The highest BCUT2D eigenvalue weighted by Crippen LogP contribution is 2.42. The Labute approximate surface area is 157 Å². The molecule has 0 unspecified atom stereocenters. The molecule has 0 spiro atoms. The number of likely N-dealkylation sites (tertiary alicyclic amines) is 1. The average molecular weight is 367 g/mol. The number of fused-ring (bicyclic) bond motifs is 1. The summed E-state index contributed by atoms with van der Waals surface area (Å²) in [6, 6.07) is 16.3. The number of nitrogens with zero attached hydrogens (tertiary/aromatic N) is 1. The van der Waals surface area contributed by atoms with Gasteiger partial charge in [-0.1, -0.05) is 18.2 Å². The maximum Gasteiger partial charge on any atom is 0.311 e. The van der Waals surface area contributed by atoms with Gasteiger partial charge in [-0.3, -0.25) is 9.59 Å². The van der Waals surface area contributed by atoms with Crippen LogP contribution in [0.15, 0.2) is 54.6 Å². The van der Waals surface area contributed by atoms with Gasteiger partial charge < -0.3 is 19.5 Å². The van der Waals surface area contributed by atoms with E-state index in [1.807, 2.05) is 30.3 Å². The number of aliphatic carboxylic acids is 1. The Bertz CT molecular complexity index is 835. The molecular weight excluding hydrogens is 346 g/mol. The molecule has 2 aromatic rings. The van der Waals surface area contributed by atoms with Gasteiger partial charge in [0.15, 0.2) is 0 Å². The van der Waals surface area contributed by atoms with Crippen molar-refractivity contribution in [1.29, 1.82) is 0 Å². The van der Waals surface area contributed by atoms with Crippen LogP contribution in [0.3, 0.4) is 0 Å². The molecule has 0 saturated carbocycles. The normalized spacial score (nSPS) is 24.3. The highest BCUT2D eigenvalue weighted by molar-refractivity contribution is 5.95. The van der Waals surface area contributed by atoms with Crippen LogP contribution in [-0.2, 0) is 9.53 Å². The molecule has 0 aromatic heterocycles. The zero-order valence-corrected chi connectivity index (χ0v) is 14.8. The second kappa shape index (κ2) is 7.04. The summed E-state index contributed by atoms with van der Waals surface area (Å²) >= 11 is 0.